The van der Waals surface area contributed by atoms with Crippen LogP contribution in [0.1, 0.15) is 25.5 Å². The number of anilines is 2. The number of amides is 1. The molecule has 0 saturated heterocycles. The maximum Gasteiger partial charge on any atom is 0.221 e. The van der Waals surface area contributed by atoms with Crippen molar-refractivity contribution in [3.63, 3.8) is 0 Å². The third kappa shape index (κ3) is 4.20. The van der Waals surface area contributed by atoms with Gasteiger partial charge in [0.25, 0.3) is 0 Å². The summed E-state index contributed by atoms with van der Waals surface area (Å²) in [6.07, 6.45) is 0. The lowest BCUT2D eigenvalue weighted by Gasteiger charge is -2.17. The van der Waals surface area contributed by atoms with E-state index in [1.165, 1.54) is 19.1 Å². The van der Waals surface area contributed by atoms with E-state index in [9.17, 15) is 9.18 Å². The zero-order chi connectivity index (χ0) is 15.4. The van der Waals surface area contributed by atoms with E-state index in [0.29, 0.717) is 5.69 Å². The van der Waals surface area contributed by atoms with Crippen LogP contribution in [-0.4, -0.2) is 5.91 Å². The topological polar surface area (TPSA) is 41.1 Å². The Kier molecular flexibility index (Phi) is 4.81. The van der Waals surface area contributed by atoms with Crippen molar-refractivity contribution >= 4 is 28.9 Å². The van der Waals surface area contributed by atoms with Gasteiger partial charge in [-0.3, -0.25) is 4.79 Å². The van der Waals surface area contributed by atoms with Crippen molar-refractivity contribution in [2.45, 2.75) is 19.9 Å². The van der Waals surface area contributed by atoms with Crippen LogP contribution in [-0.2, 0) is 4.79 Å². The second-order valence-electron chi connectivity index (χ2n) is 4.80. The Bertz CT molecular complexity index is 660. The molecular formula is C16H16ClFN2O. The van der Waals surface area contributed by atoms with E-state index in [-0.39, 0.29) is 17.0 Å². The highest BCUT2D eigenvalue weighted by Crippen LogP contribution is 2.24. The van der Waals surface area contributed by atoms with Gasteiger partial charge in [0.2, 0.25) is 5.91 Å². The summed E-state index contributed by atoms with van der Waals surface area (Å²) in [5.41, 5.74) is 2.36. The zero-order valence-corrected chi connectivity index (χ0v) is 12.5. The van der Waals surface area contributed by atoms with Gasteiger partial charge in [0.05, 0.1) is 5.02 Å². The molecule has 2 rings (SSSR count). The van der Waals surface area contributed by atoms with Gasteiger partial charge < -0.3 is 10.6 Å². The molecule has 110 valence electrons. The van der Waals surface area contributed by atoms with Gasteiger partial charge in [-0.25, -0.2) is 4.39 Å². The van der Waals surface area contributed by atoms with E-state index in [1.54, 1.807) is 6.07 Å². The van der Waals surface area contributed by atoms with Gasteiger partial charge in [0.1, 0.15) is 5.82 Å². The SMILES string of the molecule is CC(=O)Nc1cccc(C(C)Nc2ccc(Cl)c(F)c2)c1. The van der Waals surface area contributed by atoms with E-state index in [2.05, 4.69) is 10.6 Å². The molecule has 0 saturated carbocycles. The highest BCUT2D eigenvalue weighted by atomic mass is 35.5. The average Bonchev–Trinajstić information content (AvgIpc) is 2.42. The molecule has 0 fully saturated rings. The van der Waals surface area contributed by atoms with E-state index < -0.39 is 5.82 Å². The maximum atomic E-state index is 13.4. The summed E-state index contributed by atoms with van der Waals surface area (Å²) < 4.78 is 13.4. The molecule has 0 bridgehead atoms. The molecule has 1 amide bonds. The Hall–Kier alpha value is -2.07. The third-order valence-corrected chi connectivity index (χ3v) is 3.32. The minimum atomic E-state index is -0.458. The van der Waals surface area contributed by atoms with Gasteiger partial charge in [-0.05, 0) is 42.8 Å². The Labute approximate surface area is 128 Å². The van der Waals surface area contributed by atoms with Crippen molar-refractivity contribution in [3.8, 4) is 0 Å². The van der Waals surface area contributed by atoms with Crippen LogP contribution in [0.5, 0.6) is 0 Å². The van der Waals surface area contributed by atoms with E-state index in [1.807, 2.05) is 31.2 Å². The molecule has 2 N–H and O–H groups in total. The molecule has 0 aliphatic heterocycles. The molecule has 3 nitrogen and oxygen atoms in total. The molecule has 0 aliphatic rings. The molecule has 1 atom stereocenters. The minimum absolute atomic E-state index is 0.0423. The van der Waals surface area contributed by atoms with Gasteiger partial charge in [0, 0.05) is 24.3 Å². The molecule has 2 aromatic rings. The quantitative estimate of drug-likeness (QED) is 0.866. The number of hydrogen-bond donors (Lipinski definition) is 2. The van der Waals surface area contributed by atoms with Crippen LogP contribution in [0.15, 0.2) is 42.5 Å². The molecular weight excluding hydrogens is 291 g/mol. The summed E-state index contributed by atoms with van der Waals surface area (Å²) in [5.74, 6) is -0.576. The van der Waals surface area contributed by atoms with Crippen LogP contribution in [0.25, 0.3) is 0 Å². The van der Waals surface area contributed by atoms with E-state index >= 15 is 0 Å². The summed E-state index contributed by atoms with van der Waals surface area (Å²) in [6, 6.07) is 12.1. The predicted octanol–water partition coefficient (Wildman–Crippen LogP) is 4.61. The molecule has 0 aliphatic carbocycles. The third-order valence-electron chi connectivity index (χ3n) is 3.01. The first-order chi connectivity index (χ1) is 9.95. The minimum Gasteiger partial charge on any atom is -0.378 e. The van der Waals surface area contributed by atoms with Crippen molar-refractivity contribution in [2.24, 2.45) is 0 Å². The van der Waals surface area contributed by atoms with Crippen LogP contribution in [0.3, 0.4) is 0 Å². The van der Waals surface area contributed by atoms with Crippen molar-refractivity contribution in [3.05, 3.63) is 58.9 Å². The van der Waals surface area contributed by atoms with Crippen molar-refractivity contribution in [1.29, 1.82) is 0 Å². The van der Waals surface area contributed by atoms with E-state index in [0.717, 1.165) is 11.3 Å². The Morgan fingerprint density at radius 3 is 2.62 bits per heavy atom. The average molecular weight is 307 g/mol. The van der Waals surface area contributed by atoms with Gasteiger partial charge in [0.15, 0.2) is 0 Å². The first kappa shape index (κ1) is 15.3. The number of carbonyl (C=O) groups is 1. The highest BCUT2D eigenvalue weighted by Gasteiger charge is 2.08. The number of nitrogens with one attached hydrogen (secondary N) is 2. The van der Waals surface area contributed by atoms with Gasteiger partial charge in [-0.1, -0.05) is 23.7 Å². The summed E-state index contributed by atoms with van der Waals surface area (Å²) in [7, 11) is 0. The molecule has 2 aromatic carbocycles. The van der Waals surface area contributed by atoms with Crippen molar-refractivity contribution in [2.75, 3.05) is 10.6 Å². The largest absolute Gasteiger partial charge is 0.378 e. The van der Waals surface area contributed by atoms with Gasteiger partial charge in [-0.15, -0.1) is 0 Å². The number of benzene rings is 2. The van der Waals surface area contributed by atoms with Crippen LogP contribution >= 0.6 is 11.6 Å². The zero-order valence-electron chi connectivity index (χ0n) is 11.8. The summed E-state index contributed by atoms with van der Waals surface area (Å²) in [6.45, 7) is 3.42. The number of halogens is 2. The molecule has 0 spiro atoms. The molecule has 0 heterocycles. The normalized spacial score (nSPS) is 11.8. The van der Waals surface area contributed by atoms with E-state index in [4.69, 9.17) is 11.6 Å². The lowest BCUT2D eigenvalue weighted by molar-refractivity contribution is -0.114. The molecule has 21 heavy (non-hydrogen) atoms. The van der Waals surface area contributed by atoms with Crippen LogP contribution < -0.4 is 10.6 Å². The fourth-order valence-corrected chi connectivity index (χ4v) is 2.13. The van der Waals surface area contributed by atoms with Gasteiger partial charge in [-0.2, -0.15) is 0 Å². The van der Waals surface area contributed by atoms with Crippen molar-refractivity contribution < 1.29 is 9.18 Å². The highest BCUT2D eigenvalue weighted by molar-refractivity contribution is 6.30. The van der Waals surface area contributed by atoms with Crippen molar-refractivity contribution in [1.82, 2.24) is 0 Å². The predicted molar refractivity (Wildman–Crippen MR) is 84.2 cm³/mol. The standard InChI is InChI=1S/C16H16ClFN2O/c1-10(19-14-6-7-15(17)16(18)9-14)12-4-3-5-13(8-12)20-11(2)21/h3-10,19H,1-2H3,(H,20,21). The lowest BCUT2D eigenvalue weighted by atomic mass is 10.1. The number of rotatable bonds is 4. The molecule has 0 aromatic heterocycles. The summed E-state index contributed by atoms with van der Waals surface area (Å²) >= 11 is 5.66. The fraction of sp³-hybridized carbons (Fsp3) is 0.188. The number of hydrogen-bond acceptors (Lipinski definition) is 2. The molecule has 5 heteroatoms. The molecule has 1 unspecified atom stereocenters. The Morgan fingerprint density at radius 2 is 1.95 bits per heavy atom. The number of carbonyl (C=O) groups excluding carboxylic acids is 1. The summed E-state index contributed by atoms with van der Waals surface area (Å²) in [5, 5.41) is 6.03. The second kappa shape index (κ2) is 6.59. The smallest absolute Gasteiger partial charge is 0.221 e. The second-order valence-corrected chi connectivity index (χ2v) is 5.21. The first-order valence-electron chi connectivity index (χ1n) is 6.55. The Balaban J connectivity index is 2.14. The molecule has 0 radical (unpaired) electrons. The maximum absolute atomic E-state index is 13.4. The van der Waals surface area contributed by atoms with Crippen LogP contribution in [0, 0.1) is 5.82 Å². The Morgan fingerprint density at radius 1 is 1.19 bits per heavy atom. The summed E-state index contributed by atoms with van der Waals surface area (Å²) in [4.78, 5) is 11.1. The first-order valence-corrected chi connectivity index (χ1v) is 6.92. The monoisotopic (exact) mass is 306 g/mol. The van der Waals surface area contributed by atoms with Gasteiger partial charge >= 0.3 is 0 Å². The lowest BCUT2D eigenvalue weighted by Crippen LogP contribution is -2.09. The van der Waals surface area contributed by atoms with Crippen LogP contribution in [0.2, 0.25) is 5.02 Å². The fourth-order valence-electron chi connectivity index (χ4n) is 2.01. The van der Waals surface area contributed by atoms with Crippen LogP contribution in [0.4, 0.5) is 15.8 Å².